The average Bonchev–Trinajstić information content (AvgIpc) is 2.61. The van der Waals surface area contributed by atoms with Gasteiger partial charge in [0.1, 0.15) is 5.82 Å². The summed E-state index contributed by atoms with van der Waals surface area (Å²) in [5.74, 6) is 1.65. The molecule has 1 aliphatic rings. The lowest BCUT2D eigenvalue weighted by molar-refractivity contribution is 0.140. The van der Waals surface area contributed by atoms with Crippen molar-refractivity contribution in [2.45, 2.75) is 39.0 Å². The van der Waals surface area contributed by atoms with Gasteiger partial charge in [0.25, 0.3) is 0 Å². The predicted molar refractivity (Wildman–Crippen MR) is 133 cm³/mol. The number of sulfone groups is 1. The summed E-state index contributed by atoms with van der Waals surface area (Å²) >= 11 is 0. The quantitative estimate of drug-likeness (QED) is 0.224. The number of halogens is 2. The number of nitrogens with zero attached hydrogens (tertiary/aromatic N) is 2. The van der Waals surface area contributed by atoms with E-state index in [0.29, 0.717) is 23.6 Å². The highest BCUT2D eigenvalue weighted by Gasteiger charge is 2.21. The third kappa shape index (κ3) is 9.91. The summed E-state index contributed by atoms with van der Waals surface area (Å²) in [5.41, 5.74) is 1.22. The second-order valence-corrected chi connectivity index (χ2v) is 10.5. The average molecular weight is 555 g/mol. The molecule has 2 unspecified atom stereocenters. The molecule has 9 heteroatoms. The van der Waals surface area contributed by atoms with E-state index in [1.165, 1.54) is 44.0 Å². The van der Waals surface area contributed by atoms with Crippen molar-refractivity contribution >= 4 is 39.8 Å². The summed E-state index contributed by atoms with van der Waals surface area (Å²) in [6.45, 7) is 9.12. The molecule has 0 aromatic heterocycles. The zero-order chi connectivity index (χ0) is 21.4. The van der Waals surface area contributed by atoms with Gasteiger partial charge in [-0.3, -0.25) is 4.99 Å². The molecule has 6 nitrogen and oxygen atoms in total. The van der Waals surface area contributed by atoms with E-state index in [1.807, 2.05) is 0 Å². The molecule has 30 heavy (non-hydrogen) atoms. The van der Waals surface area contributed by atoms with Gasteiger partial charge >= 0.3 is 0 Å². The second-order valence-electron chi connectivity index (χ2n) is 8.39. The Bertz CT molecular complexity index is 794. The van der Waals surface area contributed by atoms with Crippen LogP contribution in [0.5, 0.6) is 0 Å². The molecule has 0 amide bonds. The normalized spacial score (nSPS) is 20.5. The van der Waals surface area contributed by atoms with E-state index < -0.39 is 9.84 Å². The van der Waals surface area contributed by atoms with Gasteiger partial charge in [-0.25, -0.2) is 12.8 Å². The van der Waals surface area contributed by atoms with Crippen LogP contribution >= 0.6 is 24.0 Å². The van der Waals surface area contributed by atoms with Crippen molar-refractivity contribution in [3.63, 3.8) is 0 Å². The summed E-state index contributed by atoms with van der Waals surface area (Å²) in [6, 6.07) is 4.20. The number of hydrogen-bond acceptors (Lipinski definition) is 4. The topological polar surface area (TPSA) is 73.8 Å². The number of rotatable bonds is 8. The number of guanidine groups is 1. The molecule has 0 aliphatic carbocycles. The standard InChI is InChI=1S/C21H35FN4O2S.HI/c1-16-10-17(2)14-26(13-16)9-5-8-24-21(23-3)25-12-19-11-20(22)7-6-18(19)15-29(4,27)28;/h6-7,11,16-17H,5,8-10,12-15H2,1-4H3,(H2,23,24,25);1H. The van der Waals surface area contributed by atoms with Crippen molar-refractivity contribution < 1.29 is 12.8 Å². The lowest BCUT2D eigenvalue weighted by Gasteiger charge is -2.35. The van der Waals surface area contributed by atoms with Gasteiger partial charge in [0, 0.05) is 39.5 Å². The largest absolute Gasteiger partial charge is 0.356 e. The molecular formula is C21H36FIN4O2S. The van der Waals surface area contributed by atoms with Gasteiger partial charge in [-0.1, -0.05) is 19.9 Å². The first-order valence-electron chi connectivity index (χ1n) is 10.3. The molecular weight excluding hydrogens is 518 g/mol. The van der Waals surface area contributed by atoms with Gasteiger partial charge < -0.3 is 15.5 Å². The fourth-order valence-corrected chi connectivity index (χ4v) is 4.91. The Balaban J connectivity index is 0.00000450. The third-order valence-corrected chi connectivity index (χ3v) is 5.98. The van der Waals surface area contributed by atoms with Crippen LogP contribution in [0, 0.1) is 17.7 Å². The molecule has 172 valence electrons. The molecule has 1 aliphatic heterocycles. The number of benzene rings is 1. The monoisotopic (exact) mass is 554 g/mol. The minimum absolute atomic E-state index is 0. The molecule has 1 aromatic carbocycles. The molecule has 0 spiro atoms. The molecule has 2 N–H and O–H groups in total. The Kier molecular flexibility index (Phi) is 11.6. The fraction of sp³-hybridized carbons (Fsp3) is 0.667. The Morgan fingerprint density at radius 1 is 1.20 bits per heavy atom. The first-order chi connectivity index (χ1) is 13.7. The Morgan fingerprint density at radius 3 is 2.47 bits per heavy atom. The van der Waals surface area contributed by atoms with Gasteiger partial charge in [-0.2, -0.15) is 0 Å². The van der Waals surface area contributed by atoms with Crippen molar-refractivity contribution in [3.05, 3.63) is 35.1 Å². The van der Waals surface area contributed by atoms with E-state index in [0.717, 1.165) is 31.3 Å². The van der Waals surface area contributed by atoms with Crippen LogP contribution in [0.15, 0.2) is 23.2 Å². The van der Waals surface area contributed by atoms with Crippen molar-refractivity contribution in [1.82, 2.24) is 15.5 Å². The van der Waals surface area contributed by atoms with Crippen LogP contribution in [0.2, 0.25) is 0 Å². The van der Waals surface area contributed by atoms with Crippen LogP contribution in [-0.2, 0) is 22.1 Å². The van der Waals surface area contributed by atoms with E-state index in [2.05, 4.69) is 34.4 Å². The van der Waals surface area contributed by atoms with Crippen molar-refractivity contribution in [1.29, 1.82) is 0 Å². The maximum atomic E-state index is 13.6. The van der Waals surface area contributed by atoms with Crippen LogP contribution in [-0.4, -0.2) is 58.8 Å². The van der Waals surface area contributed by atoms with E-state index in [4.69, 9.17) is 0 Å². The van der Waals surface area contributed by atoms with Gasteiger partial charge in [-0.15, -0.1) is 24.0 Å². The Morgan fingerprint density at radius 2 is 1.87 bits per heavy atom. The predicted octanol–water partition coefficient (Wildman–Crippen LogP) is 3.02. The van der Waals surface area contributed by atoms with Crippen LogP contribution in [0.4, 0.5) is 4.39 Å². The van der Waals surface area contributed by atoms with Crippen LogP contribution in [0.25, 0.3) is 0 Å². The third-order valence-electron chi connectivity index (χ3n) is 5.14. The molecule has 2 atom stereocenters. The fourth-order valence-electron chi connectivity index (χ4n) is 4.07. The first kappa shape index (κ1) is 27.1. The van der Waals surface area contributed by atoms with E-state index in [9.17, 15) is 12.8 Å². The molecule has 1 fully saturated rings. The van der Waals surface area contributed by atoms with Crippen molar-refractivity contribution in [3.8, 4) is 0 Å². The smallest absolute Gasteiger partial charge is 0.191 e. The molecule has 2 rings (SSSR count). The summed E-state index contributed by atoms with van der Waals surface area (Å²) in [5, 5.41) is 6.44. The van der Waals surface area contributed by atoms with E-state index in [1.54, 1.807) is 7.05 Å². The zero-order valence-electron chi connectivity index (χ0n) is 18.4. The number of aliphatic imine (C=N–C) groups is 1. The number of likely N-dealkylation sites (tertiary alicyclic amines) is 1. The molecule has 0 radical (unpaired) electrons. The molecule has 0 bridgehead atoms. The molecule has 1 heterocycles. The van der Waals surface area contributed by atoms with E-state index in [-0.39, 0.29) is 35.5 Å². The van der Waals surface area contributed by atoms with Gasteiger partial charge in [0.15, 0.2) is 15.8 Å². The maximum Gasteiger partial charge on any atom is 0.191 e. The zero-order valence-corrected chi connectivity index (χ0v) is 21.6. The highest BCUT2D eigenvalue weighted by atomic mass is 127. The van der Waals surface area contributed by atoms with Crippen molar-refractivity contribution in [2.24, 2.45) is 16.8 Å². The summed E-state index contributed by atoms with van der Waals surface area (Å²) < 4.78 is 36.9. The molecule has 0 saturated carbocycles. The highest BCUT2D eigenvalue weighted by molar-refractivity contribution is 14.0. The van der Waals surface area contributed by atoms with Crippen LogP contribution < -0.4 is 10.6 Å². The van der Waals surface area contributed by atoms with Crippen LogP contribution in [0.1, 0.15) is 37.8 Å². The number of piperidine rings is 1. The first-order valence-corrected chi connectivity index (χ1v) is 12.3. The summed E-state index contributed by atoms with van der Waals surface area (Å²) in [4.78, 5) is 6.74. The molecule has 1 saturated heterocycles. The minimum atomic E-state index is -3.19. The lowest BCUT2D eigenvalue weighted by Crippen LogP contribution is -2.41. The number of nitrogens with one attached hydrogen (secondary N) is 2. The van der Waals surface area contributed by atoms with E-state index >= 15 is 0 Å². The van der Waals surface area contributed by atoms with Crippen molar-refractivity contribution in [2.75, 3.05) is 39.5 Å². The SMILES string of the molecule is CN=C(NCCCN1CC(C)CC(C)C1)NCc1cc(F)ccc1CS(C)(=O)=O.I. The van der Waals surface area contributed by atoms with Crippen LogP contribution in [0.3, 0.4) is 0 Å². The molecule has 1 aromatic rings. The van der Waals surface area contributed by atoms with Gasteiger partial charge in [0.2, 0.25) is 0 Å². The summed E-state index contributed by atoms with van der Waals surface area (Å²) in [6.07, 6.45) is 3.50. The van der Waals surface area contributed by atoms with Gasteiger partial charge in [-0.05, 0) is 54.5 Å². The number of hydrogen-bond donors (Lipinski definition) is 2. The maximum absolute atomic E-state index is 13.6. The second kappa shape index (κ2) is 12.8. The van der Waals surface area contributed by atoms with Gasteiger partial charge in [0.05, 0.1) is 5.75 Å². The summed E-state index contributed by atoms with van der Waals surface area (Å²) in [7, 11) is -1.51. The Hall–Kier alpha value is -0.940. The Labute approximate surface area is 198 Å². The minimum Gasteiger partial charge on any atom is -0.356 e. The lowest BCUT2D eigenvalue weighted by atomic mass is 9.92. The highest BCUT2D eigenvalue weighted by Crippen LogP contribution is 2.20.